The molecule has 0 aliphatic carbocycles. The van der Waals surface area contributed by atoms with Crippen LogP contribution >= 0.6 is 0 Å². The second-order valence-corrected chi connectivity index (χ2v) is 4.89. The lowest BCUT2D eigenvalue weighted by Gasteiger charge is -2.17. The van der Waals surface area contributed by atoms with Gasteiger partial charge in [0.25, 0.3) is 0 Å². The average molecular weight is 238 g/mol. The minimum Gasteiger partial charge on any atom is -0.368 e. The molecule has 0 aliphatic heterocycles. The van der Waals surface area contributed by atoms with Crippen LogP contribution in [-0.2, 0) is 0 Å². The van der Waals surface area contributed by atoms with E-state index >= 15 is 0 Å². The minimum absolute atomic E-state index is 0.239. The smallest absolute Gasteiger partial charge is 0.231 e. The van der Waals surface area contributed by atoms with Crippen molar-refractivity contribution < 1.29 is 0 Å². The second-order valence-electron chi connectivity index (χ2n) is 4.89. The van der Waals surface area contributed by atoms with Crippen LogP contribution in [0.3, 0.4) is 0 Å². The van der Waals surface area contributed by atoms with Gasteiger partial charge in [-0.3, -0.25) is 0 Å². The maximum Gasteiger partial charge on any atom is 0.231 e. The first kappa shape index (κ1) is 13.5. The van der Waals surface area contributed by atoms with Crippen LogP contribution < -0.4 is 16.0 Å². The molecule has 1 unspecified atom stereocenters. The Morgan fingerprint density at radius 1 is 1.18 bits per heavy atom. The van der Waals surface area contributed by atoms with E-state index in [1.54, 1.807) is 4.90 Å². The van der Waals surface area contributed by atoms with Crippen molar-refractivity contribution in [1.29, 1.82) is 0 Å². The van der Waals surface area contributed by atoms with Crippen molar-refractivity contribution >= 4 is 17.8 Å². The van der Waals surface area contributed by atoms with Gasteiger partial charge in [0.1, 0.15) is 0 Å². The molecule has 0 radical (unpaired) electrons. The monoisotopic (exact) mass is 238 g/mol. The fourth-order valence-corrected chi connectivity index (χ4v) is 1.63. The molecule has 6 heteroatoms. The molecule has 1 rings (SSSR count). The normalized spacial score (nSPS) is 12.6. The molecule has 96 valence electrons. The van der Waals surface area contributed by atoms with Gasteiger partial charge in [-0.05, 0) is 19.3 Å². The first-order valence-electron chi connectivity index (χ1n) is 5.84. The van der Waals surface area contributed by atoms with Gasteiger partial charge in [0.2, 0.25) is 17.8 Å². The van der Waals surface area contributed by atoms with Crippen molar-refractivity contribution in [3.63, 3.8) is 0 Å². The Morgan fingerprint density at radius 3 is 2.35 bits per heavy atom. The Hall–Kier alpha value is -1.59. The summed E-state index contributed by atoms with van der Waals surface area (Å²) < 4.78 is 0. The third kappa shape index (κ3) is 4.42. The van der Waals surface area contributed by atoms with Crippen LogP contribution in [0, 0.1) is 5.92 Å². The molecular formula is C11H22N6. The lowest BCUT2D eigenvalue weighted by molar-refractivity contribution is 0.537. The molecule has 0 amide bonds. The summed E-state index contributed by atoms with van der Waals surface area (Å²) in [4.78, 5) is 14.2. The largest absolute Gasteiger partial charge is 0.368 e. The molecule has 1 heterocycles. The van der Waals surface area contributed by atoms with Crippen LogP contribution in [0.4, 0.5) is 17.8 Å². The van der Waals surface area contributed by atoms with E-state index < -0.39 is 0 Å². The van der Waals surface area contributed by atoms with Gasteiger partial charge in [0.05, 0.1) is 0 Å². The summed E-state index contributed by atoms with van der Waals surface area (Å²) in [6, 6.07) is 0.312. The third-order valence-electron chi connectivity index (χ3n) is 2.24. The fraction of sp³-hybridized carbons (Fsp3) is 0.727. The standard InChI is InChI=1S/C11H22N6/c1-7(2)6-8(3)13-10-14-9(12)15-11(16-10)17(4)5/h7-8H,6H2,1-5H3,(H3,12,13,14,15,16). The molecule has 17 heavy (non-hydrogen) atoms. The van der Waals surface area contributed by atoms with Gasteiger partial charge >= 0.3 is 0 Å². The summed E-state index contributed by atoms with van der Waals surface area (Å²) in [6.45, 7) is 6.48. The van der Waals surface area contributed by atoms with Crippen molar-refractivity contribution in [2.24, 2.45) is 5.92 Å². The molecule has 0 aromatic carbocycles. The molecule has 0 saturated carbocycles. The van der Waals surface area contributed by atoms with E-state index in [0.29, 0.717) is 23.9 Å². The van der Waals surface area contributed by atoms with Gasteiger partial charge in [-0.15, -0.1) is 0 Å². The highest BCUT2D eigenvalue weighted by atomic mass is 15.3. The number of nitrogens with one attached hydrogen (secondary N) is 1. The Kier molecular flexibility index (Phi) is 4.48. The summed E-state index contributed by atoms with van der Waals surface area (Å²) in [7, 11) is 3.74. The zero-order valence-corrected chi connectivity index (χ0v) is 11.2. The molecule has 0 fully saturated rings. The van der Waals surface area contributed by atoms with Crippen LogP contribution in [0.15, 0.2) is 0 Å². The van der Waals surface area contributed by atoms with E-state index in [1.807, 2.05) is 14.1 Å². The van der Waals surface area contributed by atoms with Gasteiger partial charge in [-0.2, -0.15) is 15.0 Å². The summed E-state index contributed by atoms with van der Waals surface area (Å²) in [6.07, 6.45) is 1.06. The lowest BCUT2D eigenvalue weighted by atomic mass is 10.1. The number of anilines is 3. The highest BCUT2D eigenvalue weighted by molar-refractivity contribution is 5.41. The highest BCUT2D eigenvalue weighted by Gasteiger charge is 2.10. The zero-order valence-electron chi connectivity index (χ0n) is 11.2. The Morgan fingerprint density at radius 2 is 1.82 bits per heavy atom. The summed E-state index contributed by atoms with van der Waals surface area (Å²) in [5.74, 6) is 1.97. The maximum absolute atomic E-state index is 5.65. The predicted octanol–water partition coefficient (Wildman–Crippen LogP) is 1.37. The second kappa shape index (κ2) is 5.65. The summed E-state index contributed by atoms with van der Waals surface area (Å²) in [5, 5.41) is 3.24. The van der Waals surface area contributed by atoms with Crippen LogP contribution in [0.25, 0.3) is 0 Å². The van der Waals surface area contributed by atoms with Gasteiger partial charge in [0, 0.05) is 20.1 Å². The van der Waals surface area contributed by atoms with Gasteiger partial charge in [-0.1, -0.05) is 13.8 Å². The third-order valence-corrected chi connectivity index (χ3v) is 2.24. The molecule has 0 aliphatic rings. The molecule has 0 bridgehead atoms. The number of nitrogens with two attached hydrogens (primary N) is 1. The zero-order chi connectivity index (χ0) is 13.0. The molecule has 1 aromatic heterocycles. The average Bonchev–Trinajstić information content (AvgIpc) is 2.14. The Bertz CT molecular complexity index is 363. The molecule has 1 aromatic rings. The van der Waals surface area contributed by atoms with Crippen LogP contribution in [0.5, 0.6) is 0 Å². The van der Waals surface area contributed by atoms with E-state index in [0.717, 1.165) is 6.42 Å². The molecule has 1 atom stereocenters. The van der Waals surface area contributed by atoms with E-state index in [-0.39, 0.29) is 5.95 Å². The van der Waals surface area contributed by atoms with Crippen molar-refractivity contribution in [2.45, 2.75) is 33.2 Å². The number of nitrogens with zero attached hydrogens (tertiary/aromatic N) is 4. The van der Waals surface area contributed by atoms with E-state index in [2.05, 4.69) is 41.0 Å². The summed E-state index contributed by atoms with van der Waals surface area (Å²) >= 11 is 0. The molecular weight excluding hydrogens is 216 g/mol. The van der Waals surface area contributed by atoms with Crippen molar-refractivity contribution in [1.82, 2.24) is 15.0 Å². The van der Waals surface area contributed by atoms with Crippen LogP contribution in [0.1, 0.15) is 27.2 Å². The Labute approximate surface area is 103 Å². The predicted molar refractivity (Wildman–Crippen MR) is 71.1 cm³/mol. The SMILES string of the molecule is CC(C)CC(C)Nc1nc(N)nc(N(C)C)n1. The molecule has 0 spiro atoms. The van der Waals surface area contributed by atoms with Gasteiger partial charge in [0.15, 0.2) is 0 Å². The first-order valence-corrected chi connectivity index (χ1v) is 5.84. The van der Waals surface area contributed by atoms with E-state index in [1.165, 1.54) is 0 Å². The lowest BCUT2D eigenvalue weighted by Crippen LogP contribution is -2.21. The molecule has 6 nitrogen and oxygen atoms in total. The maximum atomic E-state index is 5.65. The number of nitrogen functional groups attached to an aromatic ring is 1. The molecule has 3 N–H and O–H groups in total. The number of aromatic nitrogens is 3. The van der Waals surface area contributed by atoms with Crippen molar-refractivity contribution in [3.8, 4) is 0 Å². The minimum atomic E-state index is 0.239. The highest BCUT2D eigenvalue weighted by Crippen LogP contribution is 2.12. The van der Waals surface area contributed by atoms with E-state index in [4.69, 9.17) is 5.73 Å². The molecule has 0 saturated heterocycles. The van der Waals surface area contributed by atoms with Crippen LogP contribution in [0.2, 0.25) is 0 Å². The Balaban J connectivity index is 2.77. The van der Waals surface area contributed by atoms with Gasteiger partial charge < -0.3 is 16.0 Å². The first-order chi connectivity index (χ1) is 7.88. The number of hydrogen-bond acceptors (Lipinski definition) is 6. The van der Waals surface area contributed by atoms with Gasteiger partial charge in [-0.25, -0.2) is 0 Å². The van der Waals surface area contributed by atoms with Crippen LogP contribution in [-0.4, -0.2) is 35.1 Å². The van der Waals surface area contributed by atoms with Crippen molar-refractivity contribution in [3.05, 3.63) is 0 Å². The number of rotatable bonds is 5. The van der Waals surface area contributed by atoms with Crippen molar-refractivity contribution in [2.75, 3.05) is 30.0 Å². The fourth-order valence-electron chi connectivity index (χ4n) is 1.63. The summed E-state index contributed by atoms with van der Waals surface area (Å²) in [5.41, 5.74) is 5.65. The quantitative estimate of drug-likeness (QED) is 0.806. The number of hydrogen-bond donors (Lipinski definition) is 2. The topological polar surface area (TPSA) is 80.0 Å². The van der Waals surface area contributed by atoms with E-state index in [9.17, 15) is 0 Å².